The van der Waals surface area contributed by atoms with Gasteiger partial charge < -0.3 is 10.1 Å². The number of hydrogen-bond donors (Lipinski definition) is 1. The van der Waals surface area contributed by atoms with Gasteiger partial charge in [-0.05, 0) is 49.7 Å². The second-order valence-corrected chi connectivity index (χ2v) is 6.79. The highest BCUT2D eigenvalue weighted by Crippen LogP contribution is 2.33. The van der Waals surface area contributed by atoms with Crippen LogP contribution >= 0.6 is 27.5 Å². The number of halogens is 2. The van der Waals surface area contributed by atoms with Crippen LogP contribution in [0.15, 0.2) is 47.1 Å². The number of fused-ring (bicyclic) bond motifs is 1. The molecule has 0 aliphatic carbocycles. The van der Waals surface area contributed by atoms with Crippen LogP contribution in [-0.4, -0.2) is 17.6 Å². The lowest BCUT2D eigenvalue weighted by molar-refractivity contribution is 0.0527. The van der Waals surface area contributed by atoms with Crippen LogP contribution in [0.2, 0.25) is 5.02 Å². The van der Waals surface area contributed by atoms with E-state index in [1.165, 1.54) is 6.20 Å². The number of anilines is 2. The minimum absolute atomic E-state index is 0.297. The smallest absolute Gasteiger partial charge is 0.341 e. The molecule has 0 atom stereocenters. The molecule has 3 rings (SSSR count). The van der Waals surface area contributed by atoms with E-state index in [2.05, 4.69) is 26.2 Å². The summed E-state index contributed by atoms with van der Waals surface area (Å²) in [6, 6.07) is 11.3. The second kappa shape index (κ2) is 7.42. The van der Waals surface area contributed by atoms with Crippen LogP contribution in [0.5, 0.6) is 0 Å². The van der Waals surface area contributed by atoms with Crippen LogP contribution in [0, 0.1) is 6.92 Å². The third-order valence-corrected chi connectivity index (χ3v) is 4.76. The average molecular weight is 420 g/mol. The monoisotopic (exact) mass is 418 g/mol. The highest BCUT2D eigenvalue weighted by molar-refractivity contribution is 9.10. The molecule has 0 unspecified atom stereocenters. The zero-order chi connectivity index (χ0) is 18.0. The van der Waals surface area contributed by atoms with Crippen molar-refractivity contribution >= 4 is 55.8 Å². The van der Waals surface area contributed by atoms with Crippen LogP contribution in [0.3, 0.4) is 0 Å². The molecule has 0 amide bonds. The van der Waals surface area contributed by atoms with E-state index in [-0.39, 0.29) is 0 Å². The van der Waals surface area contributed by atoms with Crippen molar-refractivity contribution in [3.63, 3.8) is 0 Å². The van der Waals surface area contributed by atoms with Gasteiger partial charge in [-0.15, -0.1) is 0 Å². The maximum atomic E-state index is 12.4. The van der Waals surface area contributed by atoms with Gasteiger partial charge in [-0.3, -0.25) is 4.98 Å². The van der Waals surface area contributed by atoms with Crippen LogP contribution < -0.4 is 5.32 Å². The Labute approximate surface area is 159 Å². The lowest BCUT2D eigenvalue weighted by Gasteiger charge is -2.16. The minimum Gasteiger partial charge on any atom is -0.462 e. The van der Waals surface area contributed by atoms with E-state index in [0.29, 0.717) is 22.9 Å². The zero-order valence-corrected chi connectivity index (χ0v) is 16.1. The molecular formula is C19H16BrClN2O2. The van der Waals surface area contributed by atoms with Crippen molar-refractivity contribution in [2.24, 2.45) is 0 Å². The fourth-order valence-corrected chi connectivity index (χ4v) is 3.08. The van der Waals surface area contributed by atoms with Crippen molar-refractivity contribution in [2.75, 3.05) is 11.9 Å². The molecule has 25 heavy (non-hydrogen) atoms. The molecule has 1 heterocycles. The Hall–Kier alpha value is -2.11. The number of esters is 1. The van der Waals surface area contributed by atoms with Crippen LogP contribution in [-0.2, 0) is 4.74 Å². The Bertz CT molecular complexity index is 960. The number of carbonyl (C=O) groups is 1. The molecule has 0 aliphatic heterocycles. The van der Waals surface area contributed by atoms with Crippen molar-refractivity contribution < 1.29 is 9.53 Å². The quantitative estimate of drug-likeness (QED) is 0.537. The van der Waals surface area contributed by atoms with E-state index in [9.17, 15) is 4.79 Å². The number of benzene rings is 2. The predicted molar refractivity (Wildman–Crippen MR) is 105 cm³/mol. The lowest BCUT2D eigenvalue weighted by Crippen LogP contribution is -2.09. The molecule has 0 fully saturated rings. The maximum absolute atomic E-state index is 12.4. The molecule has 128 valence electrons. The summed E-state index contributed by atoms with van der Waals surface area (Å²) in [4.78, 5) is 16.8. The Morgan fingerprint density at radius 1 is 1.32 bits per heavy atom. The van der Waals surface area contributed by atoms with Crippen molar-refractivity contribution in [3.05, 3.63) is 63.2 Å². The minimum atomic E-state index is -0.418. The Kier molecular flexibility index (Phi) is 5.25. The summed E-state index contributed by atoms with van der Waals surface area (Å²) in [6.07, 6.45) is 1.54. The first-order chi connectivity index (χ1) is 12.0. The molecule has 6 heteroatoms. The van der Waals surface area contributed by atoms with E-state index in [4.69, 9.17) is 16.3 Å². The highest BCUT2D eigenvalue weighted by Gasteiger charge is 2.18. The number of pyridine rings is 1. The third kappa shape index (κ3) is 3.62. The molecule has 0 radical (unpaired) electrons. The van der Waals surface area contributed by atoms with Gasteiger partial charge in [-0.1, -0.05) is 33.6 Å². The summed E-state index contributed by atoms with van der Waals surface area (Å²) in [5.74, 6) is -0.418. The fourth-order valence-electron chi connectivity index (χ4n) is 2.54. The zero-order valence-electron chi connectivity index (χ0n) is 13.8. The van der Waals surface area contributed by atoms with Crippen LogP contribution in [0.4, 0.5) is 11.4 Å². The molecular weight excluding hydrogens is 404 g/mol. The normalized spacial score (nSPS) is 10.7. The molecule has 0 bridgehead atoms. The first-order valence-corrected chi connectivity index (χ1v) is 8.96. The van der Waals surface area contributed by atoms with Crippen LogP contribution in [0.1, 0.15) is 22.8 Å². The Balaban J connectivity index is 2.21. The van der Waals surface area contributed by atoms with E-state index < -0.39 is 5.97 Å². The van der Waals surface area contributed by atoms with Gasteiger partial charge in [0.1, 0.15) is 5.56 Å². The summed E-state index contributed by atoms with van der Waals surface area (Å²) in [6.45, 7) is 4.00. The SMILES string of the molecule is CCOC(=O)c1cnc2ccc(Br)cc2c1Nc1cccc(Cl)c1C. The van der Waals surface area contributed by atoms with Crippen molar-refractivity contribution in [2.45, 2.75) is 13.8 Å². The van der Waals surface area contributed by atoms with Gasteiger partial charge in [0.25, 0.3) is 0 Å². The second-order valence-electron chi connectivity index (χ2n) is 5.47. The van der Waals surface area contributed by atoms with Crippen molar-refractivity contribution in [1.29, 1.82) is 0 Å². The van der Waals surface area contributed by atoms with Gasteiger partial charge in [0.05, 0.1) is 17.8 Å². The van der Waals surface area contributed by atoms with E-state index in [0.717, 1.165) is 26.6 Å². The molecule has 0 spiro atoms. The highest BCUT2D eigenvalue weighted by atomic mass is 79.9. The molecule has 0 aliphatic rings. The molecule has 4 nitrogen and oxygen atoms in total. The average Bonchev–Trinajstić information content (AvgIpc) is 2.59. The predicted octanol–water partition coefficient (Wildman–Crippen LogP) is 5.88. The summed E-state index contributed by atoms with van der Waals surface area (Å²) < 4.78 is 6.08. The maximum Gasteiger partial charge on any atom is 0.341 e. The molecule has 3 aromatic rings. The molecule has 1 aromatic heterocycles. The molecule has 1 N–H and O–H groups in total. The first-order valence-electron chi connectivity index (χ1n) is 7.78. The van der Waals surface area contributed by atoms with Gasteiger partial charge in [-0.25, -0.2) is 4.79 Å². The van der Waals surface area contributed by atoms with Crippen LogP contribution in [0.25, 0.3) is 10.9 Å². The number of rotatable bonds is 4. The number of nitrogens with zero attached hydrogens (tertiary/aromatic N) is 1. The van der Waals surface area contributed by atoms with Gasteiger partial charge in [-0.2, -0.15) is 0 Å². The van der Waals surface area contributed by atoms with Gasteiger partial charge in [0.2, 0.25) is 0 Å². The summed E-state index contributed by atoms with van der Waals surface area (Å²) in [5, 5.41) is 4.82. The Morgan fingerprint density at radius 2 is 2.12 bits per heavy atom. The summed E-state index contributed by atoms with van der Waals surface area (Å²) >= 11 is 9.70. The largest absolute Gasteiger partial charge is 0.462 e. The third-order valence-electron chi connectivity index (χ3n) is 3.85. The molecule has 2 aromatic carbocycles. The summed E-state index contributed by atoms with van der Waals surface area (Å²) in [5.41, 5.74) is 3.53. The first kappa shape index (κ1) is 17.7. The van der Waals surface area contributed by atoms with Gasteiger partial charge in [0, 0.05) is 26.8 Å². The van der Waals surface area contributed by atoms with E-state index >= 15 is 0 Å². The molecule has 0 saturated carbocycles. The standard InChI is InChI=1S/C19H16BrClN2O2/c1-3-25-19(24)14-10-22-17-8-7-12(20)9-13(17)18(14)23-16-6-4-5-15(21)11(16)2/h4-10H,3H2,1-2H3,(H,22,23). The number of aromatic nitrogens is 1. The molecule has 0 saturated heterocycles. The van der Waals surface area contributed by atoms with Gasteiger partial charge >= 0.3 is 5.97 Å². The summed E-state index contributed by atoms with van der Waals surface area (Å²) in [7, 11) is 0. The van der Waals surface area contributed by atoms with E-state index in [1.807, 2.05) is 43.3 Å². The van der Waals surface area contributed by atoms with Gasteiger partial charge in [0.15, 0.2) is 0 Å². The van der Waals surface area contributed by atoms with E-state index in [1.54, 1.807) is 6.92 Å². The number of nitrogens with one attached hydrogen (secondary N) is 1. The fraction of sp³-hybridized carbons (Fsp3) is 0.158. The number of hydrogen-bond acceptors (Lipinski definition) is 4. The Morgan fingerprint density at radius 3 is 2.88 bits per heavy atom. The number of ether oxygens (including phenoxy) is 1. The number of carbonyl (C=O) groups excluding carboxylic acids is 1. The topological polar surface area (TPSA) is 51.2 Å². The lowest BCUT2D eigenvalue weighted by atomic mass is 10.1. The van der Waals surface area contributed by atoms with Crippen molar-refractivity contribution in [1.82, 2.24) is 4.98 Å². The van der Waals surface area contributed by atoms with Crippen molar-refractivity contribution in [3.8, 4) is 0 Å².